The van der Waals surface area contributed by atoms with E-state index in [2.05, 4.69) is 0 Å². The van der Waals surface area contributed by atoms with Crippen molar-refractivity contribution in [2.75, 3.05) is 7.11 Å². The summed E-state index contributed by atoms with van der Waals surface area (Å²) in [6, 6.07) is 22.4. The second-order valence-corrected chi connectivity index (χ2v) is 7.63. The SMILES string of the molecule is COc1ccccc1P(c1ccccc1)c1ccccc1[B-](F)(F)F. The molecular formula is C19H16BF3OP-. The lowest BCUT2D eigenvalue weighted by molar-refractivity contribution is 0.418. The molecule has 3 aromatic carbocycles. The molecule has 25 heavy (non-hydrogen) atoms. The van der Waals surface area contributed by atoms with Crippen molar-refractivity contribution in [2.45, 2.75) is 0 Å². The molecule has 0 radical (unpaired) electrons. The lowest BCUT2D eigenvalue weighted by atomic mass is 9.80. The van der Waals surface area contributed by atoms with Crippen molar-refractivity contribution in [1.29, 1.82) is 0 Å². The summed E-state index contributed by atoms with van der Waals surface area (Å²) in [6.45, 7) is -5.11. The minimum Gasteiger partial charge on any atom is -0.496 e. The Morgan fingerprint density at radius 2 is 1.28 bits per heavy atom. The van der Waals surface area contributed by atoms with E-state index >= 15 is 0 Å². The first-order valence-corrected chi connectivity index (χ1v) is 9.13. The number of hydrogen-bond acceptors (Lipinski definition) is 1. The molecule has 6 heteroatoms. The van der Waals surface area contributed by atoms with Crippen molar-refractivity contribution in [2.24, 2.45) is 0 Å². The topological polar surface area (TPSA) is 9.23 Å². The van der Waals surface area contributed by atoms with Crippen LogP contribution in [-0.2, 0) is 0 Å². The summed E-state index contributed by atoms with van der Waals surface area (Å²) in [7, 11) is 0.152. The van der Waals surface area contributed by atoms with Gasteiger partial charge in [-0.1, -0.05) is 72.8 Å². The lowest BCUT2D eigenvalue weighted by Gasteiger charge is -2.27. The quantitative estimate of drug-likeness (QED) is 0.501. The molecule has 1 nitrogen and oxygen atoms in total. The molecule has 0 heterocycles. The Balaban J connectivity index is 2.28. The largest absolute Gasteiger partial charge is 0.510 e. The molecule has 0 aromatic heterocycles. The lowest BCUT2D eigenvalue weighted by Crippen LogP contribution is -2.45. The molecule has 0 aliphatic carbocycles. The first-order valence-electron chi connectivity index (χ1n) is 7.79. The van der Waals surface area contributed by atoms with E-state index in [1.54, 1.807) is 18.2 Å². The van der Waals surface area contributed by atoms with Crippen LogP contribution in [0.15, 0.2) is 78.9 Å². The molecule has 0 saturated carbocycles. The fourth-order valence-corrected chi connectivity index (χ4v) is 5.39. The van der Waals surface area contributed by atoms with Gasteiger partial charge in [-0.3, -0.25) is 0 Å². The van der Waals surface area contributed by atoms with Crippen molar-refractivity contribution >= 4 is 36.3 Å². The van der Waals surface area contributed by atoms with Gasteiger partial charge in [-0.2, -0.15) is 0 Å². The molecule has 1 atom stereocenters. The highest BCUT2D eigenvalue weighted by molar-refractivity contribution is 7.80. The number of benzene rings is 3. The summed E-state index contributed by atoms with van der Waals surface area (Å²) in [5.74, 6) is 0.599. The van der Waals surface area contributed by atoms with Crippen LogP contribution in [0.1, 0.15) is 0 Å². The Morgan fingerprint density at radius 1 is 0.720 bits per heavy atom. The highest BCUT2D eigenvalue weighted by atomic mass is 31.1. The van der Waals surface area contributed by atoms with Crippen LogP contribution in [0.4, 0.5) is 12.9 Å². The van der Waals surface area contributed by atoms with E-state index < -0.39 is 20.4 Å². The van der Waals surface area contributed by atoms with E-state index in [1.165, 1.54) is 19.2 Å². The van der Waals surface area contributed by atoms with Crippen LogP contribution < -0.4 is 26.1 Å². The maximum Gasteiger partial charge on any atom is 0.510 e. The standard InChI is InChI=1S/C19H16BF3OP/c1-24-17-12-6-8-14-19(17)25(15-9-3-2-4-10-15)18-13-7-5-11-16(18)20(21,22)23/h2-14H,1H3/q-1. The van der Waals surface area contributed by atoms with Gasteiger partial charge in [0.25, 0.3) is 0 Å². The van der Waals surface area contributed by atoms with Gasteiger partial charge in [0.05, 0.1) is 7.11 Å². The molecule has 1 unspecified atom stereocenters. The van der Waals surface area contributed by atoms with Crippen molar-refractivity contribution in [3.63, 3.8) is 0 Å². The van der Waals surface area contributed by atoms with E-state index in [0.29, 0.717) is 11.1 Å². The monoisotopic (exact) mass is 359 g/mol. The molecule has 3 rings (SSSR count). The first kappa shape index (κ1) is 17.6. The average molecular weight is 359 g/mol. The minimum absolute atomic E-state index is 0.306. The second-order valence-electron chi connectivity index (χ2n) is 5.48. The Labute approximate surface area is 146 Å². The van der Waals surface area contributed by atoms with Gasteiger partial charge in [-0.05, 0) is 24.6 Å². The predicted octanol–water partition coefficient (Wildman–Crippen LogP) is 3.51. The first-order chi connectivity index (χ1) is 12.0. The van der Waals surface area contributed by atoms with Gasteiger partial charge >= 0.3 is 6.98 Å². The normalized spacial score (nSPS) is 12.6. The Bertz CT molecular complexity index is 853. The second kappa shape index (κ2) is 7.32. The van der Waals surface area contributed by atoms with Gasteiger partial charge < -0.3 is 17.7 Å². The number of ether oxygens (including phenoxy) is 1. The summed E-state index contributed by atoms with van der Waals surface area (Å²) in [5.41, 5.74) is -0.539. The summed E-state index contributed by atoms with van der Waals surface area (Å²) < 4.78 is 46.4. The molecule has 0 saturated heterocycles. The van der Waals surface area contributed by atoms with Gasteiger partial charge in [-0.15, -0.1) is 5.46 Å². The summed E-state index contributed by atoms with van der Waals surface area (Å²) in [4.78, 5) is 0. The third kappa shape index (κ3) is 3.72. The van der Waals surface area contributed by atoms with Crippen LogP contribution in [0.2, 0.25) is 0 Å². The smallest absolute Gasteiger partial charge is 0.496 e. The molecule has 0 spiro atoms. The van der Waals surface area contributed by atoms with Crippen LogP contribution in [0, 0.1) is 0 Å². The van der Waals surface area contributed by atoms with Gasteiger partial charge in [0.1, 0.15) is 5.75 Å². The molecule has 0 aliphatic rings. The third-order valence-corrected chi connectivity index (χ3v) is 6.43. The van der Waals surface area contributed by atoms with Gasteiger partial charge in [0.15, 0.2) is 0 Å². The molecular weight excluding hydrogens is 343 g/mol. The fourth-order valence-electron chi connectivity index (χ4n) is 2.77. The number of para-hydroxylation sites is 1. The molecule has 0 N–H and O–H groups in total. The minimum atomic E-state index is -5.11. The van der Waals surface area contributed by atoms with Gasteiger partial charge in [-0.25, -0.2) is 0 Å². The number of rotatable bonds is 5. The van der Waals surface area contributed by atoms with Gasteiger partial charge in [0.2, 0.25) is 0 Å². The Morgan fingerprint density at radius 3 is 1.92 bits per heavy atom. The number of hydrogen-bond donors (Lipinski definition) is 0. The molecule has 0 amide bonds. The van der Waals surface area contributed by atoms with Crippen molar-refractivity contribution in [3.05, 3.63) is 78.9 Å². The molecule has 0 aliphatic heterocycles. The average Bonchev–Trinajstić information content (AvgIpc) is 2.63. The van der Waals surface area contributed by atoms with E-state index in [9.17, 15) is 12.9 Å². The van der Waals surface area contributed by atoms with Crippen LogP contribution in [0.5, 0.6) is 5.75 Å². The summed E-state index contributed by atoms with van der Waals surface area (Å²) in [6.07, 6.45) is 0. The van der Waals surface area contributed by atoms with Crippen molar-refractivity contribution in [3.8, 4) is 5.75 Å². The van der Waals surface area contributed by atoms with Crippen LogP contribution in [0.25, 0.3) is 0 Å². The molecule has 3 aromatic rings. The molecule has 128 valence electrons. The third-order valence-electron chi connectivity index (χ3n) is 3.87. The van der Waals surface area contributed by atoms with E-state index in [1.807, 2.05) is 48.5 Å². The summed E-state index contributed by atoms with van der Waals surface area (Å²) >= 11 is 0. The zero-order valence-corrected chi connectivity index (χ0v) is 14.5. The zero-order valence-electron chi connectivity index (χ0n) is 13.6. The van der Waals surface area contributed by atoms with Crippen LogP contribution in [-0.4, -0.2) is 14.1 Å². The van der Waals surface area contributed by atoms with E-state index in [-0.39, 0.29) is 0 Å². The van der Waals surface area contributed by atoms with E-state index in [0.717, 1.165) is 10.6 Å². The molecule has 0 bridgehead atoms. The highest BCUT2D eigenvalue weighted by Gasteiger charge is 2.32. The maximum absolute atomic E-state index is 13.7. The number of halogens is 3. The molecule has 0 fully saturated rings. The van der Waals surface area contributed by atoms with Crippen LogP contribution in [0.3, 0.4) is 0 Å². The Hall–Kier alpha value is -2.26. The summed E-state index contributed by atoms with van der Waals surface area (Å²) in [5, 5.41) is 1.94. The fraction of sp³-hybridized carbons (Fsp3) is 0.0526. The van der Waals surface area contributed by atoms with Crippen LogP contribution >= 0.6 is 7.92 Å². The van der Waals surface area contributed by atoms with Crippen molar-refractivity contribution < 1.29 is 17.7 Å². The predicted molar refractivity (Wildman–Crippen MR) is 100 cm³/mol. The van der Waals surface area contributed by atoms with E-state index in [4.69, 9.17) is 4.74 Å². The Kier molecular flexibility index (Phi) is 5.15. The highest BCUT2D eigenvalue weighted by Crippen LogP contribution is 2.36. The zero-order chi connectivity index (χ0) is 17.9. The number of methoxy groups -OCH3 is 1. The maximum atomic E-state index is 13.7. The van der Waals surface area contributed by atoms with Crippen molar-refractivity contribution in [1.82, 2.24) is 0 Å². The van der Waals surface area contributed by atoms with Gasteiger partial charge in [0, 0.05) is 5.30 Å².